The molecule has 0 atom stereocenters. The standard InChI is InChI=1S/C17H21N3O3S2/c1-4-20(13-8-6-5-7-9-13)25(21,22)14-10-11-16(23-3)15(12-14)19-17(24)18-2/h5-12H,4H2,1-3H3,(H2,18,19,24). The van der Waals surface area contributed by atoms with E-state index < -0.39 is 10.0 Å². The van der Waals surface area contributed by atoms with E-state index in [9.17, 15) is 8.42 Å². The Hall–Kier alpha value is -2.32. The molecule has 0 aliphatic rings. The zero-order valence-corrected chi connectivity index (χ0v) is 15.9. The summed E-state index contributed by atoms with van der Waals surface area (Å²) in [6, 6.07) is 13.6. The second-order valence-electron chi connectivity index (χ2n) is 5.07. The molecule has 0 saturated heterocycles. The zero-order valence-electron chi connectivity index (χ0n) is 14.3. The number of sulfonamides is 1. The van der Waals surface area contributed by atoms with Gasteiger partial charge < -0.3 is 15.4 Å². The Kier molecular flexibility index (Phi) is 6.22. The highest BCUT2D eigenvalue weighted by molar-refractivity contribution is 7.92. The molecule has 6 nitrogen and oxygen atoms in total. The van der Waals surface area contributed by atoms with Crippen LogP contribution < -0.4 is 19.7 Å². The molecule has 0 radical (unpaired) electrons. The van der Waals surface area contributed by atoms with Crippen LogP contribution in [0.3, 0.4) is 0 Å². The van der Waals surface area contributed by atoms with Crippen LogP contribution in [0.4, 0.5) is 11.4 Å². The van der Waals surface area contributed by atoms with Gasteiger partial charge in [-0.3, -0.25) is 4.31 Å². The Morgan fingerprint density at radius 1 is 1.20 bits per heavy atom. The van der Waals surface area contributed by atoms with E-state index in [1.807, 2.05) is 6.07 Å². The lowest BCUT2D eigenvalue weighted by Gasteiger charge is -2.23. The Morgan fingerprint density at radius 3 is 2.44 bits per heavy atom. The van der Waals surface area contributed by atoms with Gasteiger partial charge in [-0.25, -0.2) is 8.42 Å². The average molecular weight is 380 g/mol. The van der Waals surface area contributed by atoms with Crippen molar-refractivity contribution in [1.29, 1.82) is 0 Å². The van der Waals surface area contributed by atoms with Crippen LogP contribution in [0.15, 0.2) is 53.4 Å². The van der Waals surface area contributed by atoms with Crippen molar-refractivity contribution in [3.63, 3.8) is 0 Å². The molecule has 2 rings (SSSR count). The number of anilines is 2. The lowest BCUT2D eigenvalue weighted by molar-refractivity contribution is 0.416. The molecule has 0 saturated carbocycles. The fraction of sp³-hybridized carbons (Fsp3) is 0.235. The van der Waals surface area contributed by atoms with Gasteiger partial charge in [-0.1, -0.05) is 18.2 Å². The molecule has 2 aromatic carbocycles. The minimum Gasteiger partial charge on any atom is -0.495 e. The SMILES string of the molecule is CCN(c1ccccc1)S(=O)(=O)c1ccc(OC)c(NC(=S)NC)c1. The zero-order chi connectivity index (χ0) is 18.4. The monoisotopic (exact) mass is 379 g/mol. The third-order valence-corrected chi connectivity index (χ3v) is 5.77. The lowest BCUT2D eigenvalue weighted by Crippen LogP contribution is -2.31. The maximum absolute atomic E-state index is 13.1. The molecule has 0 unspecified atom stereocenters. The summed E-state index contributed by atoms with van der Waals surface area (Å²) in [5, 5.41) is 6.08. The van der Waals surface area contributed by atoms with E-state index >= 15 is 0 Å². The average Bonchev–Trinajstić information content (AvgIpc) is 2.62. The van der Waals surface area contributed by atoms with Crippen LogP contribution in [-0.2, 0) is 10.0 Å². The maximum Gasteiger partial charge on any atom is 0.264 e. The molecule has 25 heavy (non-hydrogen) atoms. The van der Waals surface area contributed by atoms with Gasteiger partial charge in [-0.15, -0.1) is 0 Å². The van der Waals surface area contributed by atoms with Crippen molar-refractivity contribution in [3.8, 4) is 5.75 Å². The quantitative estimate of drug-likeness (QED) is 0.752. The number of hydrogen-bond donors (Lipinski definition) is 2. The number of para-hydroxylation sites is 1. The Bertz CT molecular complexity index is 839. The van der Waals surface area contributed by atoms with E-state index in [1.54, 1.807) is 44.3 Å². The van der Waals surface area contributed by atoms with Crippen molar-refractivity contribution < 1.29 is 13.2 Å². The minimum atomic E-state index is -3.72. The molecule has 0 aliphatic heterocycles. The van der Waals surface area contributed by atoms with Crippen molar-refractivity contribution in [2.45, 2.75) is 11.8 Å². The molecular formula is C17H21N3O3S2. The molecule has 0 amide bonds. The number of rotatable bonds is 6. The first kappa shape index (κ1) is 19.0. The molecule has 2 N–H and O–H groups in total. The highest BCUT2D eigenvalue weighted by Gasteiger charge is 2.24. The van der Waals surface area contributed by atoms with Crippen LogP contribution in [0, 0.1) is 0 Å². The predicted molar refractivity (Wildman–Crippen MR) is 105 cm³/mol. The Balaban J connectivity index is 2.48. The maximum atomic E-state index is 13.1. The summed E-state index contributed by atoms with van der Waals surface area (Å²) in [5.74, 6) is 0.499. The fourth-order valence-electron chi connectivity index (χ4n) is 2.34. The van der Waals surface area contributed by atoms with Crippen LogP contribution in [0.1, 0.15) is 6.92 Å². The topological polar surface area (TPSA) is 70.7 Å². The van der Waals surface area contributed by atoms with E-state index in [-0.39, 0.29) is 4.90 Å². The van der Waals surface area contributed by atoms with Gasteiger partial charge in [0.1, 0.15) is 5.75 Å². The van der Waals surface area contributed by atoms with E-state index in [4.69, 9.17) is 17.0 Å². The highest BCUT2D eigenvalue weighted by atomic mass is 32.2. The molecular weight excluding hydrogens is 358 g/mol. The van der Waals surface area contributed by atoms with Crippen molar-refractivity contribution in [2.75, 3.05) is 30.3 Å². The Labute approximate surface area is 153 Å². The van der Waals surface area contributed by atoms with Crippen molar-refractivity contribution >= 4 is 38.7 Å². The summed E-state index contributed by atoms with van der Waals surface area (Å²) in [6.07, 6.45) is 0. The molecule has 0 bridgehead atoms. The second kappa shape index (κ2) is 8.17. The van der Waals surface area contributed by atoms with Crippen molar-refractivity contribution in [1.82, 2.24) is 5.32 Å². The van der Waals surface area contributed by atoms with E-state index in [0.717, 1.165) is 0 Å². The molecule has 2 aromatic rings. The molecule has 0 spiro atoms. The normalized spacial score (nSPS) is 10.8. The Morgan fingerprint density at radius 2 is 1.88 bits per heavy atom. The van der Waals surface area contributed by atoms with Gasteiger partial charge in [0, 0.05) is 13.6 Å². The van der Waals surface area contributed by atoms with Gasteiger partial charge in [-0.2, -0.15) is 0 Å². The largest absolute Gasteiger partial charge is 0.495 e. The molecule has 8 heteroatoms. The smallest absolute Gasteiger partial charge is 0.264 e. The lowest BCUT2D eigenvalue weighted by atomic mass is 10.3. The fourth-order valence-corrected chi connectivity index (χ4v) is 3.95. The summed E-state index contributed by atoms with van der Waals surface area (Å²) in [4.78, 5) is 0.153. The molecule has 134 valence electrons. The number of hydrogen-bond acceptors (Lipinski definition) is 4. The highest BCUT2D eigenvalue weighted by Crippen LogP contribution is 2.30. The minimum absolute atomic E-state index is 0.153. The van der Waals surface area contributed by atoms with Gasteiger partial charge in [0.2, 0.25) is 0 Å². The summed E-state index contributed by atoms with van der Waals surface area (Å²) in [6.45, 7) is 2.11. The molecule has 0 heterocycles. The number of nitrogens with zero attached hydrogens (tertiary/aromatic N) is 1. The molecule has 0 fully saturated rings. The van der Waals surface area contributed by atoms with Gasteiger partial charge in [0.25, 0.3) is 10.0 Å². The summed E-state index contributed by atoms with van der Waals surface area (Å²) < 4.78 is 32.8. The van der Waals surface area contributed by atoms with Crippen LogP contribution >= 0.6 is 12.2 Å². The number of benzene rings is 2. The van der Waals surface area contributed by atoms with Gasteiger partial charge in [0.15, 0.2) is 5.11 Å². The van der Waals surface area contributed by atoms with Gasteiger partial charge in [0.05, 0.1) is 23.4 Å². The summed E-state index contributed by atoms with van der Waals surface area (Å²) in [5.41, 5.74) is 1.09. The summed E-state index contributed by atoms with van der Waals surface area (Å²) in [7, 11) is -0.530. The first-order chi connectivity index (χ1) is 11.9. The summed E-state index contributed by atoms with van der Waals surface area (Å²) >= 11 is 5.09. The van der Waals surface area contributed by atoms with Gasteiger partial charge in [-0.05, 0) is 49.5 Å². The van der Waals surface area contributed by atoms with E-state index in [0.29, 0.717) is 28.8 Å². The van der Waals surface area contributed by atoms with Crippen molar-refractivity contribution in [3.05, 3.63) is 48.5 Å². The van der Waals surface area contributed by atoms with Crippen LogP contribution in [-0.4, -0.2) is 34.2 Å². The second-order valence-corrected chi connectivity index (χ2v) is 7.34. The van der Waals surface area contributed by atoms with E-state index in [2.05, 4.69) is 10.6 Å². The number of thiocarbonyl (C=S) groups is 1. The number of methoxy groups -OCH3 is 1. The van der Waals surface area contributed by atoms with Crippen LogP contribution in [0.25, 0.3) is 0 Å². The van der Waals surface area contributed by atoms with Crippen LogP contribution in [0.2, 0.25) is 0 Å². The van der Waals surface area contributed by atoms with E-state index in [1.165, 1.54) is 23.5 Å². The number of nitrogens with one attached hydrogen (secondary N) is 2. The third-order valence-electron chi connectivity index (χ3n) is 3.57. The first-order valence-corrected chi connectivity index (χ1v) is 9.53. The predicted octanol–water partition coefficient (Wildman–Crippen LogP) is 2.83. The molecule has 0 aliphatic carbocycles. The van der Waals surface area contributed by atoms with Gasteiger partial charge >= 0.3 is 0 Å². The third kappa shape index (κ3) is 4.21. The molecule has 0 aromatic heterocycles. The first-order valence-electron chi connectivity index (χ1n) is 7.68. The van der Waals surface area contributed by atoms with Crippen LogP contribution in [0.5, 0.6) is 5.75 Å². The number of ether oxygens (including phenoxy) is 1. The van der Waals surface area contributed by atoms with Crippen molar-refractivity contribution in [2.24, 2.45) is 0 Å².